The van der Waals surface area contributed by atoms with E-state index in [4.69, 9.17) is 14.5 Å². The van der Waals surface area contributed by atoms with Crippen LogP contribution in [0.5, 0.6) is 5.75 Å². The van der Waals surface area contributed by atoms with Crippen molar-refractivity contribution in [1.82, 2.24) is 15.3 Å². The first-order valence-electron chi connectivity index (χ1n) is 13.1. The molecule has 202 valence electrons. The number of benzene rings is 1. The smallest absolute Gasteiger partial charge is 0.407 e. The van der Waals surface area contributed by atoms with E-state index in [-0.39, 0.29) is 23.5 Å². The molecular weight excluding hydrogens is 520 g/mol. The minimum atomic E-state index is -1.07. The number of hydrogen-bond donors (Lipinski definition) is 2. The zero-order chi connectivity index (χ0) is 26.6. The molecule has 2 fully saturated rings. The Bertz CT molecular complexity index is 1240. The lowest BCUT2D eigenvalue weighted by molar-refractivity contribution is 0.109. The fraction of sp³-hybridized carbons (Fsp3) is 0.464. The number of thiazole rings is 1. The van der Waals surface area contributed by atoms with Crippen molar-refractivity contribution in [2.45, 2.75) is 80.6 Å². The quantitative estimate of drug-likeness (QED) is 0.295. The summed E-state index contributed by atoms with van der Waals surface area (Å²) >= 11 is 0.616. The van der Waals surface area contributed by atoms with Gasteiger partial charge in [-0.25, -0.2) is 14.8 Å². The Morgan fingerprint density at radius 2 is 1.87 bits per heavy atom. The molecule has 0 aliphatic heterocycles. The van der Waals surface area contributed by atoms with Crippen LogP contribution >= 0.6 is 11.3 Å². The molecule has 2 aliphatic rings. The van der Waals surface area contributed by atoms with Crippen LogP contribution in [0, 0.1) is 0 Å². The zero-order valence-corrected chi connectivity index (χ0v) is 23.6. The van der Waals surface area contributed by atoms with Crippen LogP contribution in [-0.4, -0.2) is 45.1 Å². The molecule has 0 saturated heterocycles. The van der Waals surface area contributed by atoms with Crippen LogP contribution in [0.2, 0.25) is 0 Å². The van der Waals surface area contributed by atoms with Crippen molar-refractivity contribution >= 4 is 40.1 Å². The Labute approximate surface area is 230 Å². The third-order valence-corrected chi connectivity index (χ3v) is 9.84. The second-order valence-electron chi connectivity index (χ2n) is 10.1. The fourth-order valence-corrected chi connectivity index (χ4v) is 7.41. The van der Waals surface area contributed by atoms with E-state index in [1.807, 2.05) is 50.4 Å². The van der Waals surface area contributed by atoms with Crippen LogP contribution in [0.4, 0.5) is 16.3 Å². The summed E-state index contributed by atoms with van der Waals surface area (Å²) in [6.07, 6.45) is 8.88. The van der Waals surface area contributed by atoms with Crippen LogP contribution in [-0.2, 0) is 15.9 Å². The van der Waals surface area contributed by atoms with Gasteiger partial charge in [-0.15, -0.1) is 11.3 Å². The lowest BCUT2D eigenvalue weighted by Gasteiger charge is -2.28. The number of pyridine rings is 1. The number of anilines is 2. The maximum Gasteiger partial charge on any atom is 0.407 e. The normalized spacial score (nSPS) is 20.1. The molecule has 0 spiro atoms. The van der Waals surface area contributed by atoms with Gasteiger partial charge in [0.05, 0.1) is 29.3 Å². The summed E-state index contributed by atoms with van der Waals surface area (Å²) in [5.74, 6) is 1.76. The van der Waals surface area contributed by atoms with Gasteiger partial charge in [0, 0.05) is 48.3 Å². The summed E-state index contributed by atoms with van der Waals surface area (Å²) in [5.41, 5.74) is 1.83. The highest BCUT2D eigenvalue weighted by molar-refractivity contribution is 7.92. The van der Waals surface area contributed by atoms with E-state index in [1.165, 1.54) is 0 Å². The van der Waals surface area contributed by atoms with Gasteiger partial charge in [-0.1, -0.05) is 0 Å². The van der Waals surface area contributed by atoms with Gasteiger partial charge in [0.15, 0.2) is 4.90 Å². The average molecular weight is 555 g/mol. The van der Waals surface area contributed by atoms with E-state index in [0.29, 0.717) is 17.5 Å². The first-order valence-corrected chi connectivity index (χ1v) is 15.2. The van der Waals surface area contributed by atoms with Gasteiger partial charge in [0.25, 0.3) is 0 Å². The van der Waals surface area contributed by atoms with Crippen LogP contribution < -0.4 is 15.4 Å². The maximum atomic E-state index is 13.4. The van der Waals surface area contributed by atoms with Gasteiger partial charge < -0.3 is 24.7 Å². The van der Waals surface area contributed by atoms with Crippen molar-refractivity contribution in [2.75, 3.05) is 12.4 Å². The highest BCUT2D eigenvalue weighted by Gasteiger charge is 2.37. The Hall–Kier alpha value is -2.82. The first kappa shape index (κ1) is 26.8. The van der Waals surface area contributed by atoms with Gasteiger partial charge in [0.2, 0.25) is 0 Å². The Morgan fingerprint density at radius 3 is 2.53 bits per heavy atom. The SMILES string of the molecule is COc1ccc(Nc2ccc(-c3cnc(C4CCC(NC(=O)OC(C)C)CC4)s3)c([S+]([O-])C3CC3)c2)nc1. The highest BCUT2D eigenvalue weighted by atomic mass is 32.2. The van der Waals surface area contributed by atoms with Gasteiger partial charge in [-0.3, -0.25) is 0 Å². The van der Waals surface area contributed by atoms with Crippen molar-refractivity contribution in [3.63, 3.8) is 0 Å². The number of carbonyl (C=O) groups excluding carboxylic acids is 1. The van der Waals surface area contributed by atoms with E-state index in [1.54, 1.807) is 24.6 Å². The summed E-state index contributed by atoms with van der Waals surface area (Å²) in [4.78, 5) is 23.0. The van der Waals surface area contributed by atoms with Crippen molar-refractivity contribution in [3.8, 4) is 16.2 Å². The van der Waals surface area contributed by atoms with Crippen LogP contribution in [0.1, 0.15) is 63.3 Å². The third-order valence-electron chi connectivity index (χ3n) is 6.80. The van der Waals surface area contributed by atoms with E-state index >= 15 is 0 Å². The number of ether oxygens (including phenoxy) is 2. The van der Waals surface area contributed by atoms with Crippen LogP contribution in [0.3, 0.4) is 0 Å². The number of amides is 1. The van der Waals surface area contributed by atoms with E-state index in [2.05, 4.69) is 15.6 Å². The van der Waals surface area contributed by atoms with Crippen molar-refractivity contribution in [3.05, 3.63) is 47.7 Å². The van der Waals surface area contributed by atoms with Crippen LogP contribution in [0.25, 0.3) is 10.4 Å². The molecule has 2 aromatic heterocycles. The maximum absolute atomic E-state index is 13.4. The standard InChI is InChI=1S/C28H34N4O4S2/c1-17(2)36-28(33)32-19-6-4-18(5-7-19)27-30-16-24(37-27)23-12-8-20(14-25(23)38(34)22-10-11-22)31-26-13-9-21(35-3)15-29-26/h8-9,12-19,22H,4-7,10-11H2,1-3H3,(H,29,31)(H,32,33). The minimum absolute atomic E-state index is 0.122. The number of hydrogen-bond acceptors (Lipinski definition) is 8. The number of methoxy groups -OCH3 is 1. The van der Waals surface area contributed by atoms with Gasteiger partial charge in [-0.2, -0.15) is 0 Å². The molecule has 0 bridgehead atoms. The summed E-state index contributed by atoms with van der Waals surface area (Å²) in [6.45, 7) is 3.70. The van der Waals surface area contributed by atoms with Gasteiger partial charge in [0.1, 0.15) is 16.8 Å². The second kappa shape index (κ2) is 11.9. The molecule has 1 unspecified atom stereocenters. The molecule has 1 amide bonds. The van der Waals surface area contributed by atoms with Crippen molar-refractivity contribution in [2.24, 2.45) is 0 Å². The number of alkyl carbamates (subject to hydrolysis) is 1. The summed E-state index contributed by atoms with van der Waals surface area (Å²) in [6, 6.07) is 9.89. The molecule has 38 heavy (non-hydrogen) atoms. The molecule has 5 rings (SSSR count). The average Bonchev–Trinajstić information content (AvgIpc) is 3.65. The van der Waals surface area contributed by atoms with Crippen molar-refractivity contribution in [1.29, 1.82) is 0 Å². The molecule has 2 N–H and O–H groups in total. The largest absolute Gasteiger partial charge is 0.611 e. The molecule has 2 saturated carbocycles. The Kier molecular flexibility index (Phi) is 8.40. The van der Waals surface area contributed by atoms with Gasteiger partial charge >= 0.3 is 6.09 Å². The summed E-state index contributed by atoms with van der Waals surface area (Å²) in [7, 11) is 1.61. The fourth-order valence-electron chi connectivity index (χ4n) is 4.65. The van der Waals surface area contributed by atoms with E-state index < -0.39 is 11.2 Å². The molecule has 10 heteroatoms. The Balaban J connectivity index is 1.29. The lowest BCUT2D eigenvalue weighted by atomic mass is 9.86. The molecule has 2 heterocycles. The molecular formula is C28H34N4O4S2. The minimum Gasteiger partial charge on any atom is -0.611 e. The first-order chi connectivity index (χ1) is 18.4. The predicted molar refractivity (Wildman–Crippen MR) is 151 cm³/mol. The number of nitrogens with zero attached hydrogens (tertiary/aromatic N) is 2. The molecule has 2 aliphatic carbocycles. The second-order valence-corrected chi connectivity index (χ2v) is 12.9. The third kappa shape index (κ3) is 6.59. The molecule has 1 atom stereocenters. The number of carbonyl (C=O) groups is 1. The Morgan fingerprint density at radius 1 is 1.08 bits per heavy atom. The summed E-state index contributed by atoms with van der Waals surface area (Å²) in [5, 5.41) is 7.64. The molecule has 1 aromatic carbocycles. The van der Waals surface area contributed by atoms with Crippen LogP contribution in [0.15, 0.2) is 47.6 Å². The summed E-state index contributed by atoms with van der Waals surface area (Å²) < 4.78 is 23.8. The molecule has 3 aromatic rings. The number of aromatic nitrogens is 2. The van der Waals surface area contributed by atoms with Gasteiger partial charge in [-0.05, 0) is 75.0 Å². The van der Waals surface area contributed by atoms with Crippen molar-refractivity contribution < 1.29 is 18.8 Å². The monoisotopic (exact) mass is 554 g/mol. The highest BCUT2D eigenvalue weighted by Crippen LogP contribution is 2.43. The zero-order valence-electron chi connectivity index (χ0n) is 21.9. The topological polar surface area (TPSA) is 108 Å². The number of nitrogens with one attached hydrogen (secondary N) is 2. The van der Waals surface area contributed by atoms with E-state index in [9.17, 15) is 9.35 Å². The van der Waals surface area contributed by atoms with E-state index in [0.717, 1.165) is 64.6 Å². The molecule has 8 nitrogen and oxygen atoms in total. The molecule has 0 radical (unpaired) electrons. The lowest BCUT2D eigenvalue weighted by Crippen LogP contribution is -2.38. The number of rotatable bonds is 9. The predicted octanol–water partition coefficient (Wildman–Crippen LogP) is 6.39.